The Morgan fingerprint density at radius 2 is 1.71 bits per heavy atom. The van der Waals surface area contributed by atoms with Gasteiger partial charge in [-0.3, -0.25) is 0 Å². The van der Waals surface area contributed by atoms with Crippen LogP contribution in [0.25, 0.3) is 0 Å². The van der Waals surface area contributed by atoms with E-state index >= 15 is 0 Å². The molecule has 0 unspecified atom stereocenters. The van der Waals surface area contributed by atoms with Crippen molar-refractivity contribution >= 4 is 13.0 Å². The van der Waals surface area contributed by atoms with Crippen molar-refractivity contribution in [2.45, 2.75) is 33.6 Å². The van der Waals surface area contributed by atoms with Gasteiger partial charge in [-0.1, -0.05) is 13.3 Å². The van der Waals surface area contributed by atoms with Crippen molar-refractivity contribution in [1.29, 1.82) is 0 Å². The van der Waals surface area contributed by atoms with Gasteiger partial charge in [0.1, 0.15) is 7.26 Å². The highest BCUT2D eigenvalue weighted by molar-refractivity contribution is 7.89. The molecule has 0 aliphatic rings. The number of rotatable bonds is 6. The number of hydrogen-bond acceptors (Lipinski definition) is 2. The normalized spacial score (nSPS) is 10.6. The molecule has 0 spiro atoms. The van der Waals surface area contributed by atoms with Crippen molar-refractivity contribution in [1.82, 2.24) is 0 Å². The minimum absolute atomic E-state index is 0. The smallest absolute Gasteiger partial charge is 0.450 e. The van der Waals surface area contributed by atoms with Gasteiger partial charge in [-0.05, 0) is 20.3 Å². The lowest BCUT2D eigenvalue weighted by atomic mass is 10.4. The Bertz CT molecular complexity index is 158. The molecule has 86 valence electrons. The van der Waals surface area contributed by atoms with Gasteiger partial charge >= 0.3 is 5.71 Å². The van der Waals surface area contributed by atoms with Crippen molar-refractivity contribution < 1.29 is 33.5 Å². The molecular formula is C10H22IO2P. The predicted octanol–water partition coefficient (Wildman–Crippen LogP) is 0.614. The minimum Gasteiger partial charge on any atom is -1.00 e. The third-order valence-corrected chi connectivity index (χ3v) is 6.36. The summed E-state index contributed by atoms with van der Waals surface area (Å²) in [6.45, 7) is 8.95. The first-order valence-electron chi connectivity index (χ1n) is 5.12. The lowest BCUT2D eigenvalue weighted by Crippen LogP contribution is -3.00. The molecule has 0 aromatic rings. The highest BCUT2D eigenvalue weighted by atomic mass is 127. The first kappa shape index (κ1) is 17.0. The van der Waals surface area contributed by atoms with E-state index in [1.54, 1.807) is 0 Å². The predicted molar refractivity (Wildman–Crippen MR) is 60.2 cm³/mol. The fourth-order valence-corrected chi connectivity index (χ4v) is 2.31. The fraction of sp³-hybridized carbons (Fsp3) is 0.900. The van der Waals surface area contributed by atoms with Gasteiger partial charge in [-0.25, -0.2) is 4.79 Å². The van der Waals surface area contributed by atoms with E-state index in [0.29, 0.717) is 6.61 Å². The molecule has 4 heteroatoms. The standard InChI is InChI=1S/C10H22O2P.HI/c1-5-8-9-12-10(11)13(4,6-2)7-3;/h5-9H2,1-4H3;1H/q+1;/p-1. The number of unbranched alkanes of at least 4 members (excludes halogenated alkanes) is 1. The molecule has 14 heavy (non-hydrogen) atoms. The number of carbonyl (C=O) groups excluding carboxylic acids is 1. The maximum absolute atomic E-state index is 11.6. The Morgan fingerprint density at radius 1 is 1.21 bits per heavy atom. The van der Waals surface area contributed by atoms with E-state index in [0.717, 1.165) is 25.2 Å². The van der Waals surface area contributed by atoms with Crippen molar-refractivity contribution in [3.8, 4) is 0 Å². The summed E-state index contributed by atoms with van der Waals surface area (Å²) in [5.74, 6) is 0. The van der Waals surface area contributed by atoms with Crippen LogP contribution >= 0.6 is 7.26 Å². The molecule has 0 atom stereocenters. The topological polar surface area (TPSA) is 26.3 Å². The summed E-state index contributed by atoms with van der Waals surface area (Å²) in [4.78, 5) is 11.6. The summed E-state index contributed by atoms with van der Waals surface area (Å²) in [7, 11) is -1.42. The Labute approximate surface area is 106 Å². The maximum Gasteiger partial charge on any atom is 0.450 e. The van der Waals surface area contributed by atoms with E-state index in [9.17, 15) is 4.79 Å². The van der Waals surface area contributed by atoms with Crippen LogP contribution in [0.4, 0.5) is 4.79 Å². The van der Waals surface area contributed by atoms with Gasteiger partial charge in [0.05, 0.1) is 25.6 Å². The molecule has 0 aromatic carbocycles. The van der Waals surface area contributed by atoms with Crippen LogP contribution in [0.2, 0.25) is 0 Å². The molecule has 0 saturated carbocycles. The molecule has 2 nitrogen and oxygen atoms in total. The SMILES string of the molecule is CCCCOC(=O)[P+](C)(CC)CC.[I-]. The van der Waals surface area contributed by atoms with E-state index in [2.05, 4.69) is 27.4 Å². The van der Waals surface area contributed by atoms with Crippen LogP contribution in [0.15, 0.2) is 0 Å². The van der Waals surface area contributed by atoms with Gasteiger partial charge in [0, 0.05) is 0 Å². The van der Waals surface area contributed by atoms with Crippen LogP contribution < -0.4 is 24.0 Å². The summed E-state index contributed by atoms with van der Waals surface area (Å²) in [6.07, 6.45) is 4.00. The second-order valence-electron chi connectivity index (χ2n) is 3.50. The van der Waals surface area contributed by atoms with E-state index < -0.39 is 7.26 Å². The number of halogens is 1. The van der Waals surface area contributed by atoms with Crippen LogP contribution in [0.3, 0.4) is 0 Å². The van der Waals surface area contributed by atoms with E-state index in [1.807, 2.05) is 0 Å². The fourth-order valence-electron chi connectivity index (χ4n) is 0.941. The molecule has 0 amide bonds. The van der Waals surface area contributed by atoms with Crippen LogP contribution in [-0.2, 0) is 4.74 Å². The zero-order chi connectivity index (χ0) is 10.3. The second-order valence-corrected chi connectivity index (χ2v) is 7.92. The highest BCUT2D eigenvalue weighted by Crippen LogP contribution is 2.55. The summed E-state index contributed by atoms with van der Waals surface area (Å²) in [5.41, 5.74) is 0.0750. The number of hydrogen-bond donors (Lipinski definition) is 0. The summed E-state index contributed by atoms with van der Waals surface area (Å²) in [6, 6.07) is 0. The lowest BCUT2D eigenvalue weighted by Gasteiger charge is -2.16. The average molecular weight is 332 g/mol. The lowest BCUT2D eigenvalue weighted by molar-refractivity contribution is -0.00000770. The van der Waals surface area contributed by atoms with E-state index in [4.69, 9.17) is 4.74 Å². The number of ether oxygens (including phenoxy) is 1. The molecule has 0 fully saturated rings. The molecule has 0 bridgehead atoms. The zero-order valence-corrected chi connectivity index (χ0v) is 12.7. The Hall–Kier alpha value is 0.630. The average Bonchev–Trinajstić information content (AvgIpc) is 2.17. The molecule has 0 heterocycles. The van der Waals surface area contributed by atoms with Gasteiger partial charge in [0.25, 0.3) is 0 Å². The van der Waals surface area contributed by atoms with Crippen LogP contribution in [-0.4, -0.2) is 31.3 Å². The third-order valence-electron chi connectivity index (χ3n) is 2.56. The van der Waals surface area contributed by atoms with Gasteiger partial charge in [0.2, 0.25) is 0 Å². The maximum atomic E-state index is 11.6. The Balaban J connectivity index is 0. The molecule has 0 aromatic heterocycles. The minimum atomic E-state index is -1.42. The quantitative estimate of drug-likeness (QED) is 0.405. The first-order chi connectivity index (χ1) is 6.10. The molecule has 0 saturated heterocycles. The molecule has 0 aliphatic heterocycles. The molecule has 0 aliphatic carbocycles. The molecule has 0 N–H and O–H groups in total. The van der Waals surface area contributed by atoms with Crippen molar-refractivity contribution in [2.24, 2.45) is 0 Å². The Morgan fingerprint density at radius 3 is 2.07 bits per heavy atom. The molecule has 0 rings (SSSR count). The van der Waals surface area contributed by atoms with Crippen LogP contribution in [0.1, 0.15) is 33.6 Å². The summed E-state index contributed by atoms with van der Waals surface area (Å²) in [5, 5.41) is 0. The monoisotopic (exact) mass is 332 g/mol. The van der Waals surface area contributed by atoms with E-state index in [-0.39, 0.29) is 29.7 Å². The van der Waals surface area contributed by atoms with Crippen LogP contribution in [0.5, 0.6) is 0 Å². The zero-order valence-electron chi connectivity index (χ0n) is 9.68. The van der Waals surface area contributed by atoms with Gasteiger partial charge in [-0.15, -0.1) is 0 Å². The van der Waals surface area contributed by atoms with Crippen molar-refractivity contribution in [3.63, 3.8) is 0 Å². The van der Waals surface area contributed by atoms with E-state index in [1.165, 1.54) is 0 Å². The van der Waals surface area contributed by atoms with Crippen LogP contribution in [0, 0.1) is 0 Å². The largest absolute Gasteiger partial charge is 1.00 e. The first-order valence-corrected chi connectivity index (χ1v) is 7.73. The third kappa shape index (κ3) is 5.50. The summed E-state index contributed by atoms with van der Waals surface area (Å²) >= 11 is 0. The van der Waals surface area contributed by atoms with Gasteiger partial charge in [0.15, 0.2) is 0 Å². The van der Waals surface area contributed by atoms with Gasteiger partial charge < -0.3 is 28.7 Å². The highest BCUT2D eigenvalue weighted by Gasteiger charge is 2.39. The molecule has 0 radical (unpaired) electrons. The van der Waals surface area contributed by atoms with Crippen molar-refractivity contribution in [3.05, 3.63) is 0 Å². The number of carbonyl (C=O) groups is 1. The second kappa shape index (κ2) is 8.90. The molecular weight excluding hydrogens is 310 g/mol. The summed E-state index contributed by atoms with van der Waals surface area (Å²) < 4.78 is 5.24. The Kier molecular flexibility index (Phi) is 10.8. The van der Waals surface area contributed by atoms with Crippen molar-refractivity contribution in [2.75, 3.05) is 25.6 Å². The van der Waals surface area contributed by atoms with Gasteiger partial charge in [-0.2, -0.15) is 0 Å².